The standard InChI is InChI=1S/C20H35N5O/c1-3-7-17(11-15-26)16-23-20(21-4-2)24-18-9-13-25(14-10-18)19-8-5-6-12-22-19/h5-6,8,12,17-18,26H,3-4,7,9-11,13-16H2,1-2H3,(H2,21,23,24). The van der Waals surface area contributed by atoms with Crippen LogP contribution in [-0.2, 0) is 0 Å². The number of pyridine rings is 1. The molecule has 3 N–H and O–H groups in total. The average molecular weight is 362 g/mol. The molecule has 0 bridgehead atoms. The number of aliphatic hydroxyl groups excluding tert-OH is 1. The van der Waals surface area contributed by atoms with E-state index in [1.807, 2.05) is 18.3 Å². The zero-order valence-corrected chi connectivity index (χ0v) is 16.3. The molecule has 1 atom stereocenters. The van der Waals surface area contributed by atoms with Crippen molar-refractivity contribution in [1.29, 1.82) is 0 Å². The molecule has 26 heavy (non-hydrogen) atoms. The van der Waals surface area contributed by atoms with Gasteiger partial charge in [0.1, 0.15) is 5.82 Å². The van der Waals surface area contributed by atoms with E-state index >= 15 is 0 Å². The number of piperidine rings is 1. The average Bonchev–Trinajstić information content (AvgIpc) is 2.68. The Morgan fingerprint density at radius 1 is 1.31 bits per heavy atom. The number of nitrogens with zero attached hydrogens (tertiary/aromatic N) is 3. The molecule has 6 heteroatoms. The molecule has 0 aromatic carbocycles. The Kier molecular flexibility index (Phi) is 9.24. The lowest BCUT2D eigenvalue weighted by Gasteiger charge is -2.33. The number of nitrogens with one attached hydrogen (secondary N) is 2. The zero-order chi connectivity index (χ0) is 18.6. The van der Waals surface area contributed by atoms with Gasteiger partial charge in [-0.05, 0) is 50.7 Å². The molecule has 1 unspecified atom stereocenters. The normalized spacial score (nSPS) is 17.2. The van der Waals surface area contributed by atoms with E-state index in [4.69, 9.17) is 4.99 Å². The third-order valence-corrected chi connectivity index (χ3v) is 4.90. The van der Waals surface area contributed by atoms with E-state index in [2.05, 4.69) is 40.4 Å². The molecule has 0 aliphatic carbocycles. The third-order valence-electron chi connectivity index (χ3n) is 4.90. The van der Waals surface area contributed by atoms with Gasteiger partial charge < -0.3 is 20.6 Å². The van der Waals surface area contributed by atoms with Crippen molar-refractivity contribution in [2.24, 2.45) is 10.9 Å². The largest absolute Gasteiger partial charge is 0.396 e. The summed E-state index contributed by atoms with van der Waals surface area (Å²) in [6.07, 6.45) is 7.10. The molecule has 1 saturated heterocycles. The van der Waals surface area contributed by atoms with Crippen LogP contribution in [0.2, 0.25) is 0 Å². The molecule has 1 fully saturated rings. The van der Waals surface area contributed by atoms with Crippen molar-refractivity contribution in [3.05, 3.63) is 24.4 Å². The second kappa shape index (κ2) is 11.7. The number of rotatable bonds is 9. The smallest absolute Gasteiger partial charge is 0.191 e. The summed E-state index contributed by atoms with van der Waals surface area (Å²) < 4.78 is 0. The van der Waals surface area contributed by atoms with E-state index in [9.17, 15) is 5.11 Å². The first kappa shape index (κ1) is 20.5. The van der Waals surface area contributed by atoms with Crippen LogP contribution < -0.4 is 15.5 Å². The number of aromatic nitrogens is 1. The number of hydrogen-bond donors (Lipinski definition) is 3. The molecule has 0 spiro atoms. The Morgan fingerprint density at radius 3 is 2.73 bits per heavy atom. The van der Waals surface area contributed by atoms with Gasteiger partial charge in [-0.3, -0.25) is 4.99 Å². The van der Waals surface area contributed by atoms with Crippen LogP contribution in [0.25, 0.3) is 0 Å². The fourth-order valence-corrected chi connectivity index (χ4v) is 3.45. The third kappa shape index (κ3) is 6.83. The highest BCUT2D eigenvalue weighted by Crippen LogP contribution is 2.17. The Balaban J connectivity index is 1.84. The van der Waals surface area contributed by atoms with Crippen LogP contribution >= 0.6 is 0 Å². The minimum Gasteiger partial charge on any atom is -0.396 e. The zero-order valence-electron chi connectivity index (χ0n) is 16.3. The molecule has 2 rings (SSSR count). The van der Waals surface area contributed by atoms with Crippen LogP contribution in [0.1, 0.15) is 46.0 Å². The van der Waals surface area contributed by atoms with Crippen LogP contribution in [0.4, 0.5) is 5.82 Å². The molecule has 146 valence electrons. The van der Waals surface area contributed by atoms with Crippen molar-refractivity contribution >= 4 is 11.8 Å². The van der Waals surface area contributed by atoms with Crippen molar-refractivity contribution in [1.82, 2.24) is 15.6 Å². The molecule has 6 nitrogen and oxygen atoms in total. The summed E-state index contributed by atoms with van der Waals surface area (Å²) in [5.74, 6) is 2.44. The second-order valence-electron chi connectivity index (χ2n) is 6.98. The second-order valence-corrected chi connectivity index (χ2v) is 6.98. The lowest BCUT2D eigenvalue weighted by atomic mass is 10.0. The monoisotopic (exact) mass is 361 g/mol. The maximum Gasteiger partial charge on any atom is 0.191 e. The fraction of sp³-hybridized carbons (Fsp3) is 0.700. The molecule has 2 heterocycles. The van der Waals surface area contributed by atoms with Gasteiger partial charge >= 0.3 is 0 Å². The van der Waals surface area contributed by atoms with Crippen LogP contribution in [-0.4, -0.2) is 54.9 Å². The molecule has 0 radical (unpaired) electrons. The van der Waals surface area contributed by atoms with Crippen LogP contribution in [0.5, 0.6) is 0 Å². The summed E-state index contributed by atoms with van der Waals surface area (Å²) in [7, 11) is 0. The molecule has 0 saturated carbocycles. The van der Waals surface area contributed by atoms with E-state index < -0.39 is 0 Å². The number of aliphatic hydroxyl groups is 1. The van der Waals surface area contributed by atoms with E-state index in [1.165, 1.54) is 0 Å². The number of guanidine groups is 1. The Morgan fingerprint density at radius 2 is 2.12 bits per heavy atom. The van der Waals surface area contributed by atoms with Gasteiger partial charge in [-0.25, -0.2) is 4.98 Å². The minimum atomic E-state index is 0.246. The van der Waals surface area contributed by atoms with Gasteiger partial charge in [0.15, 0.2) is 5.96 Å². The highest BCUT2D eigenvalue weighted by molar-refractivity contribution is 5.80. The van der Waals surface area contributed by atoms with Crippen molar-refractivity contribution in [2.75, 3.05) is 37.7 Å². The quantitative estimate of drug-likeness (QED) is 0.465. The van der Waals surface area contributed by atoms with Gasteiger partial charge in [0.25, 0.3) is 0 Å². The summed E-state index contributed by atoms with van der Waals surface area (Å²) in [5, 5.41) is 16.2. The Bertz CT molecular complexity index is 508. The summed E-state index contributed by atoms with van der Waals surface area (Å²) in [4.78, 5) is 11.6. The number of anilines is 1. The highest BCUT2D eigenvalue weighted by atomic mass is 16.3. The molecule has 1 aromatic heterocycles. The summed E-state index contributed by atoms with van der Waals surface area (Å²) in [6.45, 7) is 8.18. The topological polar surface area (TPSA) is 72.8 Å². The number of hydrogen-bond acceptors (Lipinski definition) is 4. The molecule has 1 aromatic rings. The van der Waals surface area contributed by atoms with Gasteiger partial charge in [-0.2, -0.15) is 0 Å². The molecular weight excluding hydrogens is 326 g/mol. The van der Waals surface area contributed by atoms with Gasteiger partial charge in [0.05, 0.1) is 0 Å². The minimum absolute atomic E-state index is 0.246. The maximum atomic E-state index is 9.22. The first-order valence-corrected chi connectivity index (χ1v) is 10.1. The summed E-state index contributed by atoms with van der Waals surface area (Å²) >= 11 is 0. The van der Waals surface area contributed by atoms with Gasteiger partial charge in [-0.15, -0.1) is 0 Å². The summed E-state index contributed by atoms with van der Waals surface area (Å²) in [6, 6.07) is 6.52. The van der Waals surface area contributed by atoms with Crippen LogP contribution in [0, 0.1) is 5.92 Å². The van der Waals surface area contributed by atoms with E-state index in [0.29, 0.717) is 12.0 Å². The van der Waals surface area contributed by atoms with Gasteiger partial charge in [0.2, 0.25) is 0 Å². The molecule has 1 aliphatic rings. The van der Waals surface area contributed by atoms with Crippen LogP contribution in [0.15, 0.2) is 29.4 Å². The molecule has 1 aliphatic heterocycles. The fourth-order valence-electron chi connectivity index (χ4n) is 3.45. The van der Waals surface area contributed by atoms with E-state index in [-0.39, 0.29) is 6.61 Å². The summed E-state index contributed by atoms with van der Waals surface area (Å²) in [5.41, 5.74) is 0. The Hall–Kier alpha value is -1.82. The van der Waals surface area contributed by atoms with Crippen molar-refractivity contribution in [2.45, 2.75) is 52.0 Å². The first-order chi connectivity index (χ1) is 12.8. The molecule has 0 amide bonds. The maximum absolute atomic E-state index is 9.22. The first-order valence-electron chi connectivity index (χ1n) is 10.1. The lowest BCUT2D eigenvalue weighted by Crippen LogP contribution is -2.49. The lowest BCUT2D eigenvalue weighted by molar-refractivity contribution is 0.253. The van der Waals surface area contributed by atoms with Crippen molar-refractivity contribution in [3.8, 4) is 0 Å². The van der Waals surface area contributed by atoms with Crippen molar-refractivity contribution in [3.63, 3.8) is 0 Å². The molecular formula is C20H35N5O. The predicted octanol–water partition coefficient (Wildman–Crippen LogP) is 2.40. The van der Waals surface area contributed by atoms with E-state index in [1.54, 1.807) is 0 Å². The predicted molar refractivity (Wildman–Crippen MR) is 109 cm³/mol. The SMILES string of the molecule is CCCC(CCO)CN=C(NCC)NC1CCN(c2ccccn2)CC1. The van der Waals surface area contributed by atoms with Crippen molar-refractivity contribution < 1.29 is 5.11 Å². The number of aliphatic imine (C=N–C) groups is 1. The van der Waals surface area contributed by atoms with Gasteiger partial charge in [0, 0.05) is 45.0 Å². The van der Waals surface area contributed by atoms with Gasteiger partial charge in [-0.1, -0.05) is 19.4 Å². The Labute approximate surface area is 158 Å². The van der Waals surface area contributed by atoms with Crippen LogP contribution in [0.3, 0.4) is 0 Å². The van der Waals surface area contributed by atoms with E-state index in [0.717, 1.165) is 70.1 Å². The highest BCUT2D eigenvalue weighted by Gasteiger charge is 2.20.